The molecular formula is C19H20F3N3. The van der Waals surface area contributed by atoms with Crippen LogP contribution in [-0.2, 0) is 12.7 Å². The number of hydrogen-bond acceptors (Lipinski definition) is 3. The fraction of sp³-hybridized carbons (Fsp3) is 0.316. The first-order valence-electron chi connectivity index (χ1n) is 8.24. The van der Waals surface area contributed by atoms with Crippen LogP contribution in [0.1, 0.15) is 16.7 Å². The third kappa shape index (κ3) is 4.82. The fourth-order valence-corrected chi connectivity index (χ4v) is 2.86. The Bertz CT molecular complexity index is 705. The van der Waals surface area contributed by atoms with Gasteiger partial charge < -0.3 is 0 Å². The molecule has 0 amide bonds. The minimum Gasteiger partial charge on any atom is -0.295 e. The second kappa shape index (κ2) is 7.70. The van der Waals surface area contributed by atoms with Crippen molar-refractivity contribution in [1.82, 2.24) is 9.91 Å². The zero-order chi connectivity index (χ0) is 17.7. The Hall–Kier alpha value is -2.34. The van der Waals surface area contributed by atoms with E-state index in [1.807, 2.05) is 23.2 Å². The van der Waals surface area contributed by atoms with Crippen LogP contribution in [0.5, 0.6) is 0 Å². The summed E-state index contributed by atoms with van der Waals surface area (Å²) in [6.45, 7) is 3.98. The number of hydrogen-bond donors (Lipinski definition) is 0. The number of rotatable bonds is 4. The number of benzene rings is 2. The van der Waals surface area contributed by atoms with E-state index in [-0.39, 0.29) is 5.56 Å². The molecule has 0 saturated carbocycles. The number of hydrazone groups is 1. The summed E-state index contributed by atoms with van der Waals surface area (Å²) in [5.74, 6) is 0. The van der Waals surface area contributed by atoms with E-state index in [9.17, 15) is 13.2 Å². The molecule has 3 nitrogen and oxygen atoms in total. The Balaban J connectivity index is 1.57. The Labute approximate surface area is 145 Å². The van der Waals surface area contributed by atoms with Crippen LogP contribution in [0, 0.1) is 0 Å². The van der Waals surface area contributed by atoms with E-state index >= 15 is 0 Å². The summed E-state index contributed by atoms with van der Waals surface area (Å²) in [7, 11) is 0. The normalized spacial score (nSPS) is 16.5. The number of alkyl halides is 3. The lowest BCUT2D eigenvalue weighted by molar-refractivity contribution is -0.137. The van der Waals surface area contributed by atoms with Crippen molar-refractivity contribution in [3.8, 4) is 0 Å². The van der Waals surface area contributed by atoms with Crippen LogP contribution < -0.4 is 0 Å². The van der Waals surface area contributed by atoms with Crippen molar-refractivity contribution < 1.29 is 13.2 Å². The largest absolute Gasteiger partial charge is 0.417 e. The number of halogens is 3. The molecule has 132 valence electrons. The molecule has 0 aromatic heterocycles. The molecule has 2 aromatic rings. The molecule has 0 aliphatic carbocycles. The van der Waals surface area contributed by atoms with Gasteiger partial charge in [0.25, 0.3) is 0 Å². The highest BCUT2D eigenvalue weighted by molar-refractivity contribution is 5.81. The van der Waals surface area contributed by atoms with Crippen molar-refractivity contribution >= 4 is 6.21 Å². The smallest absolute Gasteiger partial charge is 0.295 e. The van der Waals surface area contributed by atoms with Crippen molar-refractivity contribution in [2.75, 3.05) is 26.2 Å². The van der Waals surface area contributed by atoms with Gasteiger partial charge in [0.15, 0.2) is 0 Å². The van der Waals surface area contributed by atoms with Crippen LogP contribution in [0.25, 0.3) is 0 Å². The van der Waals surface area contributed by atoms with E-state index < -0.39 is 11.7 Å². The van der Waals surface area contributed by atoms with Crippen molar-refractivity contribution in [1.29, 1.82) is 0 Å². The molecule has 0 atom stereocenters. The van der Waals surface area contributed by atoms with Gasteiger partial charge in [-0.25, -0.2) is 0 Å². The van der Waals surface area contributed by atoms with Crippen molar-refractivity contribution in [2.45, 2.75) is 12.7 Å². The minimum atomic E-state index is -4.36. The molecule has 0 bridgehead atoms. The van der Waals surface area contributed by atoms with Crippen LogP contribution in [0.2, 0.25) is 0 Å². The third-order valence-corrected chi connectivity index (χ3v) is 4.22. The first-order valence-corrected chi connectivity index (χ1v) is 8.24. The predicted molar refractivity (Wildman–Crippen MR) is 92.3 cm³/mol. The van der Waals surface area contributed by atoms with E-state index in [0.717, 1.165) is 25.7 Å². The highest BCUT2D eigenvalue weighted by Crippen LogP contribution is 2.31. The Morgan fingerprint density at radius 2 is 1.52 bits per heavy atom. The van der Waals surface area contributed by atoms with Gasteiger partial charge in [-0.15, -0.1) is 0 Å². The second-order valence-corrected chi connectivity index (χ2v) is 6.04. The van der Waals surface area contributed by atoms with E-state index in [2.05, 4.69) is 22.1 Å². The molecule has 1 aliphatic rings. The molecule has 25 heavy (non-hydrogen) atoms. The van der Waals surface area contributed by atoms with Crippen LogP contribution in [0.15, 0.2) is 59.7 Å². The maximum atomic E-state index is 13.0. The van der Waals surface area contributed by atoms with Gasteiger partial charge in [-0.05, 0) is 11.6 Å². The van der Waals surface area contributed by atoms with Gasteiger partial charge in [0, 0.05) is 38.3 Å². The standard InChI is InChI=1S/C19H20F3N3/c20-19(21,22)18-9-5-4-8-17(18)14-23-25-12-10-24(11-13-25)15-16-6-2-1-3-7-16/h1-9,14H,10-13,15H2/b23-14+. The quantitative estimate of drug-likeness (QED) is 0.782. The first kappa shape index (κ1) is 17.5. The molecular weight excluding hydrogens is 327 g/mol. The minimum absolute atomic E-state index is 0.0988. The van der Waals surface area contributed by atoms with Crippen LogP contribution in [-0.4, -0.2) is 42.3 Å². The molecule has 6 heteroatoms. The highest BCUT2D eigenvalue weighted by atomic mass is 19.4. The summed E-state index contributed by atoms with van der Waals surface area (Å²) in [5.41, 5.74) is 0.710. The van der Waals surface area contributed by atoms with E-state index in [4.69, 9.17) is 0 Å². The van der Waals surface area contributed by atoms with E-state index in [1.54, 1.807) is 6.07 Å². The van der Waals surface area contributed by atoms with E-state index in [0.29, 0.717) is 13.1 Å². The lowest BCUT2D eigenvalue weighted by Gasteiger charge is -2.33. The molecule has 2 aromatic carbocycles. The van der Waals surface area contributed by atoms with Gasteiger partial charge in [-0.2, -0.15) is 18.3 Å². The molecule has 1 aliphatic heterocycles. The van der Waals surface area contributed by atoms with Gasteiger partial charge in [-0.1, -0.05) is 48.5 Å². The van der Waals surface area contributed by atoms with Crippen molar-refractivity contribution in [3.05, 3.63) is 71.3 Å². The van der Waals surface area contributed by atoms with Gasteiger partial charge in [0.05, 0.1) is 11.8 Å². The SMILES string of the molecule is FC(F)(F)c1ccccc1/C=N/N1CCN(Cc2ccccc2)CC1. The average Bonchev–Trinajstić information content (AvgIpc) is 2.61. The summed E-state index contributed by atoms with van der Waals surface area (Å²) in [5, 5.41) is 6.08. The van der Waals surface area contributed by atoms with Gasteiger partial charge in [-0.3, -0.25) is 9.91 Å². The average molecular weight is 347 g/mol. The third-order valence-electron chi connectivity index (χ3n) is 4.22. The second-order valence-electron chi connectivity index (χ2n) is 6.04. The molecule has 0 spiro atoms. The molecule has 0 N–H and O–H groups in total. The zero-order valence-corrected chi connectivity index (χ0v) is 13.8. The lowest BCUT2D eigenvalue weighted by Crippen LogP contribution is -2.43. The lowest BCUT2D eigenvalue weighted by atomic mass is 10.1. The van der Waals surface area contributed by atoms with E-state index in [1.165, 1.54) is 23.9 Å². The summed E-state index contributed by atoms with van der Waals surface area (Å²) in [6, 6.07) is 15.7. The topological polar surface area (TPSA) is 18.8 Å². The maximum absolute atomic E-state index is 13.0. The molecule has 0 unspecified atom stereocenters. The molecule has 1 fully saturated rings. The van der Waals surface area contributed by atoms with Crippen LogP contribution >= 0.6 is 0 Å². The first-order chi connectivity index (χ1) is 12.0. The van der Waals surface area contributed by atoms with Crippen molar-refractivity contribution in [3.63, 3.8) is 0 Å². The van der Waals surface area contributed by atoms with Gasteiger partial charge in [0.1, 0.15) is 0 Å². The zero-order valence-electron chi connectivity index (χ0n) is 13.8. The van der Waals surface area contributed by atoms with Crippen LogP contribution in [0.3, 0.4) is 0 Å². The number of nitrogens with zero attached hydrogens (tertiary/aromatic N) is 3. The monoisotopic (exact) mass is 347 g/mol. The molecule has 3 rings (SSSR count). The Morgan fingerprint density at radius 3 is 2.20 bits per heavy atom. The van der Waals surface area contributed by atoms with Crippen molar-refractivity contribution in [2.24, 2.45) is 5.10 Å². The Morgan fingerprint density at radius 1 is 0.880 bits per heavy atom. The fourth-order valence-electron chi connectivity index (χ4n) is 2.86. The summed E-state index contributed by atoms with van der Waals surface area (Å²) < 4.78 is 39.0. The van der Waals surface area contributed by atoms with Crippen LogP contribution in [0.4, 0.5) is 13.2 Å². The molecule has 1 heterocycles. The highest BCUT2D eigenvalue weighted by Gasteiger charge is 2.32. The number of piperazine rings is 1. The maximum Gasteiger partial charge on any atom is 0.417 e. The van der Waals surface area contributed by atoms with Gasteiger partial charge in [0.2, 0.25) is 0 Å². The summed E-state index contributed by atoms with van der Waals surface area (Å²) in [6.07, 6.45) is -3.05. The predicted octanol–water partition coefficient (Wildman–Crippen LogP) is 3.86. The summed E-state index contributed by atoms with van der Waals surface area (Å²) >= 11 is 0. The molecule has 0 radical (unpaired) electrons. The Kier molecular flexibility index (Phi) is 5.38. The summed E-state index contributed by atoms with van der Waals surface area (Å²) in [4.78, 5) is 2.32. The molecule has 1 saturated heterocycles. The van der Waals surface area contributed by atoms with Gasteiger partial charge >= 0.3 is 6.18 Å².